The molecule has 5 unspecified atom stereocenters. The minimum atomic E-state index is -4.46. The quantitative estimate of drug-likeness (QED) is 0.365. The Labute approximate surface area is 195 Å². The van der Waals surface area contributed by atoms with Gasteiger partial charge < -0.3 is 5.11 Å². The van der Waals surface area contributed by atoms with Gasteiger partial charge in [0.1, 0.15) is 17.3 Å². The molecule has 2 aromatic carbocycles. The summed E-state index contributed by atoms with van der Waals surface area (Å²) in [7, 11) is -4.50. The normalized spacial score (nSPS) is 23.6. The Bertz CT molecular complexity index is 974. The van der Waals surface area contributed by atoms with Gasteiger partial charge in [-0.05, 0) is 73.8 Å². The van der Waals surface area contributed by atoms with Crippen molar-refractivity contribution in [2.75, 3.05) is 5.75 Å². The minimum Gasteiger partial charge on any atom is -0.508 e. The third-order valence-corrected chi connectivity index (χ3v) is 9.48. The Balaban J connectivity index is 1.74. The summed E-state index contributed by atoms with van der Waals surface area (Å²) in [5.74, 6) is 2.96. The second-order valence-electron chi connectivity index (χ2n) is 9.17. The van der Waals surface area contributed by atoms with E-state index in [-0.39, 0.29) is 28.5 Å². The summed E-state index contributed by atoms with van der Waals surface area (Å²) in [4.78, 5) is 1.22. The van der Waals surface area contributed by atoms with E-state index in [0.29, 0.717) is 12.3 Å². The number of hydrogen-bond acceptors (Lipinski definition) is 4. The Morgan fingerprint density at radius 3 is 2.47 bits per heavy atom. The molecule has 0 aromatic heterocycles. The van der Waals surface area contributed by atoms with E-state index in [1.54, 1.807) is 12.1 Å². The van der Waals surface area contributed by atoms with Crippen LogP contribution in [0.2, 0.25) is 0 Å². The van der Waals surface area contributed by atoms with Gasteiger partial charge >= 0.3 is 10.4 Å². The molecule has 1 saturated carbocycles. The molecule has 176 valence electrons. The van der Waals surface area contributed by atoms with Gasteiger partial charge in [0.25, 0.3) is 0 Å². The fraction of sp³-hybridized carbons (Fsp3) is 0.520. The molecule has 0 spiro atoms. The lowest BCUT2D eigenvalue weighted by atomic mass is 9.74. The van der Waals surface area contributed by atoms with E-state index < -0.39 is 16.5 Å². The number of phenols is 1. The van der Waals surface area contributed by atoms with Gasteiger partial charge in [-0.15, -0.1) is 0 Å². The zero-order chi connectivity index (χ0) is 23.3. The summed E-state index contributed by atoms with van der Waals surface area (Å²) in [5, 5.41) is 9.72. The van der Waals surface area contributed by atoms with E-state index in [9.17, 15) is 18.1 Å². The molecule has 3 rings (SSSR count). The van der Waals surface area contributed by atoms with Gasteiger partial charge in [0.15, 0.2) is 4.90 Å². The van der Waals surface area contributed by atoms with Crippen LogP contribution in [-0.2, 0) is 31.2 Å². The Morgan fingerprint density at radius 2 is 1.81 bits per heavy atom. The SMILES string of the molecule is Cc1ccccc1C[S+](CCC(C)C1CCC(C)CC1OS(=O)(=O)O)c1ccc(O)cc1. The highest BCUT2D eigenvalue weighted by Gasteiger charge is 2.37. The standard InChI is InChI=1S/C25H34O5S2/c1-18-8-13-24(25(16-18)30-32(27,28)29)20(3)14-15-31(23-11-9-22(26)10-12-23)17-21-7-5-4-6-19(21)2/h4-7,9-12,18,20,24-25H,8,13-17H2,1-3H3,(H-,26,27,28,29)/p+1. The monoisotopic (exact) mass is 479 g/mol. The molecule has 2 aromatic rings. The van der Waals surface area contributed by atoms with Crippen LogP contribution in [0.3, 0.4) is 0 Å². The van der Waals surface area contributed by atoms with Crippen LogP contribution in [0.25, 0.3) is 0 Å². The first-order chi connectivity index (χ1) is 15.1. The molecule has 0 radical (unpaired) electrons. The average Bonchev–Trinajstić information content (AvgIpc) is 2.72. The van der Waals surface area contributed by atoms with Gasteiger partial charge in [-0.2, -0.15) is 8.42 Å². The first kappa shape index (κ1) is 25.1. The molecule has 0 amide bonds. The highest BCUT2D eigenvalue weighted by atomic mass is 32.3. The number of rotatable bonds is 9. The predicted molar refractivity (Wildman–Crippen MR) is 130 cm³/mol. The Hall–Kier alpha value is -1.54. The topological polar surface area (TPSA) is 83.8 Å². The summed E-state index contributed by atoms with van der Waals surface area (Å²) < 4.78 is 37.2. The number of aromatic hydroxyl groups is 1. The van der Waals surface area contributed by atoms with Crippen LogP contribution in [0.1, 0.15) is 50.7 Å². The number of benzene rings is 2. The zero-order valence-corrected chi connectivity index (χ0v) is 20.7. The lowest BCUT2D eigenvalue weighted by Gasteiger charge is -2.37. The van der Waals surface area contributed by atoms with Crippen LogP contribution < -0.4 is 0 Å². The highest BCUT2D eigenvalue weighted by molar-refractivity contribution is 7.96. The van der Waals surface area contributed by atoms with Crippen LogP contribution in [0, 0.1) is 24.7 Å². The molecule has 2 N–H and O–H groups in total. The van der Waals surface area contributed by atoms with Gasteiger partial charge in [-0.1, -0.05) is 44.5 Å². The Morgan fingerprint density at radius 1 is 1.12 bits per heavy atom. The van der Waals surface area contributed by atoms with Gasteiger partial charge in [-0.3, -0.25) is 4.55 Å². The molecule has 0 saturated heterocycles. The summed E-state index contributed by atoms with van der Waals surface area (Å²) in [5.41, 5.74) is 2.61. The van der Waals surface area contributed by atoms with Crippen molar-refractivity contribution in [2.24, 2.45) is 17.8 Å². The van der Waals surface area contributed by atoms with Crippen LogP contribution in [0.15, 0.2) is 53.4 Å². The largest absolute Gasteiger partial charge is 0.508 e. The molecule has 0 bridgehead atoms. The second kappa shape index (κ2) is 11.1. The third-order valence-electron chi connectivity index (χ3n) is 6.66. The lowest BCUT2D eigenvalue weighted by molar-refractivity contribution is 0.0373. The van der Waals surface area contributed by atoms with E-state index in [1.165, 1.54) is 16.0 Å². The second-order valence-corrected chi connectivity index (χ2v) is 12.4. The molecule has 1 aliphatic carbocycles. The van der Waals surface area contributed by atoms with Gasteiger partial charge in [0.2, 0.25) is 0 Å². The van der Waals surface area contributed by atoms with Crippen LogP contribution in [0.5, 0.6) is 5.75 Å². The van der Waals surface area contributed by atoms with Crippen molar-refractivity contribution in [1.29, 1.82) is 0 Å². The first-order valence-corrected chi connectivity index (χ1v) is 14.2. The van der Waals surface area contributed by atoms with Crippen LogP contribution >= 0.6 is 0 Å². The maximum Gasteiger partial charge on any atom is 0.397 e. The molecule has 5 nitrogen and oxygen atoms in total. The van der Waals surface area contributed by atoms with Gasteiger partial charge in [-0.25, -0.2) is 4.18 Å². The third kappa shape index (κ3) is 7.24. The molecule has 1 aliphatic rings. The molecule has 0 heterocycles. The molecule has 1 fully saturated rings. The van der Waals surface area contributed by atoms with Crippen molar-refractivity contribution >= 4 is 21.3 Å². The van der Waals surface area contributed by atoms with Crippen molar-refractivity contribution in [3.05, 3.63) is 59.7 Å². The maximum absolute atomic E-state index is 11.4. The van der Waals surface area contributed by atoms with Crippen LogP contribution in [-0.4, -0.2) is 29.9 Å². The van der Waals surface area contributed by atoms with E-state index in [1.807, 2.05) is 12.1 Å². The smallest absolute Gasteiger partial charge is 0.397 e. The molecular formula is C25H35O5S2+. The summed E-state index contributed by atoms with van der Waals surface area (Å²) in [6.07, 6.45) is 3.10. The van der Waals surface area contributed by atoms with Gasteiger partial charge in [0.05, 0.1) is 6.10 Å². The van der Waals surface area contributed by atoms with E-state index in [4.69, 9.17) is 4.18 Å². The van der Waals surface area contributed by atoms with E-state index in [2.05, 4.69) is 45.0 Å². The minimum absolute atomic E-state index is 0.0392. The first-order valence-electron chi connectivity index (χ1n) is 11.3. The van der Waals surface area contributed by atoms with Crippen molar-refractivity contribution < 1.29 is 22.3 Å². The van der Waals surface area contributed by atoms with Crippen molar-refractivity contribution in [1.82, 2.24) is 0 Å². The number of phenolic OH excluding ortho intramolecular Hbond substituents is 1. The van der Waals surface area contributed by atoms with Crippen molar-refractivity contribution in [3.8, 4) is 5.75 Å². The molecule has 7 heteroatoms. The molecule has 32 heavy (non-hydrogen) atoms. The number of hydrogen-bond donors (Lipinski definition) is 2. The van der Waals surface area contributed by atoms with Gasteiger partial charge in [0, 0.05) is 16.5 Å². The van der Waals surface area contributed by atoms with E-state index >= 15 is 0 Å². The summed E-state index contributed by atoms with van der Waals surface area (Å²) in [6.45, 7) is 6.41. The van der Waals surface area contributed by atoms with Crippen molar-refractivity contribution in [3.63, 3.8) is 0 Å². The van der Waals surface area contributed by atoms with Crippen LogP contribution in [0.4, 0.5) is 0 Å². The lowest BCUT2D eigenvalue weighted by Crippen LogP contribution is -2.37. The average molecular weight is 480 g/mol. The predicted octanol–water partition coefficient (Wildman–Crippen LogP) is 5.53. The maximum atomic E-state index is 11.4. The number of aryl methyl sites for hydroxylation is 1. The fourth-order valence-corrected chi connectivity index (χ4v) is 7.64. The highest BCUT2D eigenvalue weighted by Crippen LogP contribution is 2.38. The Kier molecular flexibility index (Phi) is 8.67. The summed E-state index contributed by atoms with van der Waals surface area (Å²) in [6, 6.07) is 15.9. The molecular weight excluding hydrogens is 444 g/mol. The molecule has 0 aliphatic heterocycles. The zero-order valence-electron chi connectivity index (χ0n) is 19.1. The summed E-state index contributed by atoms with van der Waals surface area (Å²) >= 11 is 0. The van der Waals surface area contributed by atoms with Crippen molar-refractivity contribution in [2.45, 2.75) is 63.2 Å². The fourth-order valence-electron chi connectivity index (χ4n) is 4.68. The molecule has 5 atom stereocenters. The van der Waals surface area contributed by atoms with E-state index in [0.717, 1.165) is 30.8 Å².